The highest BCUT2D eigenvalue weighted by molar-refractivity contribution is 5.68. The fourth-order valence-electron chi connectivity index (χ4n) is 9.35. The van der Waals surface area contributed by atoms with Crippen LogP contribution in [0.4, 0.5) is 0 Å². The molecule has 5 saturated heterocycles. The van der Waals surface area contributed by atoms with Crippen molar-refractivity contribution in [2.45, 2.75) is 265 Å². The van der Waals surface area contributed by atoms with Crippen LogP contribution < -0.4 is 0 Å². The summed E-state index contributed by atoms with van der Waals surface area (Å²) in [6.07, 6.45) is -30.3. The van der Waals surface area contributed by atoms with Crippen molar-refractivity contribution in [2.75, 3.05) is 13.7 Å². The zero-order valence-corrected chi connectivity index (χ0v) is 40.3. The van der Waals surface area contributed by atoms with Gasteiger partial charge in [0.2, 0.25) is 0 Å². The van der Waals surface area contributed by atoms with E-state index in [4.69, 9.17) is 47.4 Å². The summed E-state index contributed by atoms with van der Waals surface area (Å²) in [6, 6.07) is 0. The van der Waals surface area contributed by atoms with Gasteiger partial charge in [0.05, 0.1) is 44.2 Å². The average molecular weight is 1010 g/mol. The van der Waals surface area contributed by atoms with Gasteiger partial charge in [-0.15, -0.1) is 0 Å². The molecule has 0 aliphatic carbocycles. The molecular formula is C45H80O24. The number of aliphatic hydroxyl groups is 12. The standard InChI is InChI=1S/C45H80O24/c1-7-15-23(16-13-11-9-8-10-12-14-17-25(47)59-6)64-45-40(31(53)27(49)20(3)61-45)69-42-35(57)32(54)37(21(4)62-42)66-44-36(58)39(68-43-34(56)30(52)28(50)24(18-46)65-43)38(22(5)63-44)67-41-33(55)29(51)26(48)19(2)60-41/h19-24,26-46,48-58H,7-18H2,1-6H3/t19-,20+,21-,22-,23-,24+,26-,27+,28+,29+,30-,31-,32-,33+,34+,35+,36+,37-,38-,39-,40+,41-,42-,43-,44-,45-/m0/s1. The summed E-state index contributed by atoms with van der Waals surface area (Å²) >= 11 is 0. The van der Waals surface area contributed by atoms with Crippen molar-refractivity contribution in [1.82, 2.24) is 0 Å². The number of hydrogen-bond donors (Lipinski definition) is 12. The van der Waals surface area contributed by atoms with Gasteiger partial charge in [0, 0.05) is 6.42 Å². The molecule has 5 fully saturated rings. The summed E-state index contributed by atoms with van der Waals surface area (Å²) in [7, 11) is 1.38. The molecule has 0 aromatic carbocycles. The van der Waals surface area contributed by atoms with Gasteiger partial charge >= 0.3 is 5.97 Å². The Balaban J connectivity index is 1.25. The second-order valence-corrected chi connectivity index (χ2v) is 19.0. The Morgan fingerprint density at radius 3 is 1.48 bits per heavy atom. The topological polar surface area (TPSA) is 361 Å². The molecule has 5 aliphatic rings. The lowest BCUT2D eigenvalue weighted by Gasteiger charge is -2.50. The molecule has 0 radical (unpaired) electrons. The van der Waals surface area contributed by atoms with Crippen LogP contribution in [0.3, 0.4) is 0 Å². The Morgan fingerprint density at radius 1 is 0.449 bits per heavy atom. The van der Waals surface area contributed by atoms with Crippen molar-refractivity contribution in [3.63, 3.8) is 0 Å². The van der Waals surface area contributed by atoms with E-state index in [1.54, 1.807) is 6.92 Å². The maximum atomic E-state index is 11.9. The second-order valence-electron chi connectivity index (χ2n) is 19.0. The van der Waals surface area contributed by atoms with Gasteiger partial charge in [-0.25, -0.2) is 0 Å². The first-order chi connectivity index (χ1) is 32.7. The number of rotatable bonds is 23. The minimum Gasteiger partial charge on any atom is -0.469 e. The largest absolute Gasteiger partial charge is 0.469 e. The normalized spacial score (nSPS) is 45.8. The maximum Gasteiger partial charge on any atom is 0.305 e. The Hall–Kier alpha value is -1.41. The number of ether oxygens (including phenoxy) is 11. The zero-order chi connectivity index (χ0) is 50.9. The number of unbranched alkanes of at least 4 members (excludes halogenated alkanes) is 6. The Morgan fingerprint density at radius 2 is 0.884 bits per heavy atom. The van der Waals surface area contributed by atoms with E-state index in [0.29, 0.717) is 19.3 Å². The summed E-state index contributed by atoms with van der Waals surface area (Å²) < 4.78 is 64.5. The van der Waals surface area contributed by atoms with E-state index in [2.05, 4.69) is 4.74 Å². The summed E-state index contributed by atoms with van der Waals surface area (Å²) in [5.74, 6) is -0.208. The zero-order valence-electron chi connectivity index (χ0n) is 40.3. The number of methoxy groups -OCH3 is 1. The van der Waals surface area contributed by atoms with Crippen LogP contribution in [0, 0.1) is 0 Å². The first-order valence-corrected chi connectivity index (χ1v) is 24.4. The van der Waals surface area contributed by atoms with E-state index < -0.39 is 160 Å². The number of hydrogen-bond acceptors (Lipinski definition) is 24. The third-order valence-corrected chi connectivity index (χ3v) is 13.7. The van der Waals surface area contributed by atoms with E-state index in [9.17, 15) is 66.1 Å². The van der Waals surface area contributed by atoms with E-state index >= 15 is 0 Å². The monoisotopic (exact) mass is 1000 g/mol. The van der Waals surface area contributed by atoms with Gasteiger partial charge in [-0.3, -0.25) is 4.79 Å². The third kappa shape index (κ3) is 14.7. The number of carbonyl (C=O) groups is 1. The van der Waals surface area contributed by atoms with Crippen LogP contribution in [0.15, 0.2) is 0 Å². The fraction of sp³-hybridized carbons (Fsp3) is 0.978. The van der Waals surface area contributed by atoms with E-state index in [1.165, 1.54) is 27.9 Å². The molecule has 0 bridgehead atoms. The lowest BCUT2D eigenvalue weighted by molar-refractivity contribution is -0.400. The van der Waals surface area contributed by atoms with Crippen LogP contribution >= 0.6 is 0 Å². The molecule has 404 valence electrons. The molecule has 69 heavy (non-hydrogen) atoms. The lowest BCUT2D eigenvalue weighted by atomic mass is 9.95. The van der Waals surface area contributed by atoms with Gasteiger partial charge in [-0.2, -0.15) is 0 Å². The summed E-state index contributed by atoms with van der Waals surface area (Å²) in [5, 5.41) is 130. The SMILES string of the molecule is CCC[C@@H](CCCCCCCCCC(=O)OC)O[C@@H]1O[C@H](C)[C@@H](O)[C@H](O)[C@H]1O[C@@H]1O[C@@H](C)[C@H](O[C@@H]2O[C@@H](C)[C@H](O[C@@H]3O[C@@H](C)[C@H](O)[C@@H](O)[C@H]3O)[C@@H](O[C@@H]3O[C@H](CO)[C@@H](O)[C@H](O)[C@H]3O)[C@H]2O)[C@@H](O)[C@H]1O. The molecule has 24 nitrogen and oxygen atoms in total. The van der Waals surface area contributed by atoms with Crippen LogP contribution in [0.2, 0.25) is 0 Å². The van der Waals surface area contributed by atoms with Crippen molar-refractivity contribution < 1.29 is 118 Å². The van der Waals surface area contributed by atoms with E-state index in [0.717, 1.165) is 51.4 Å². The molecule has 26 atom stereocenters. The molecule has 24 heteroatoms. The molecule has 12 N–H and O–H groups in total. The Bertz CT molecular complexity index is 1500. The van der Waals surface area contributed by atoms with Gasteiger partial charge in [0.1, 0.15) is 97.7 Å². The predicted octanol–water partition coefficient (Wildman–Crippen LogP) is -2.94. The fourth-order valence-corrected chi connectivity index (χ4v) is 9.35. The van der Waals surface area contributed by atoms with Crippen molar-refractivity contribution in [3.8, 4) is 0 Å². The van der Waals surface area contributed by atoms with Crippen LogP contribution in [0.5, 0.6) is 0 Å². The van der Waals surface area contributed by atoms with Crippen LogP contribution in [0.1, 0.15) is 105 Å². The first-order valence-electron chi connectivity index (χ1n) is 24.4. The average Bonchev–Trinajstić information content (AvgIpc) is 3.32. The highest BCUT2D eigenvalue weighted by atomic mass is 16.8. The number of esters is 1. The van der Waals surface area contributed by atoms with E-state index in [-0.39, 0.29) is 12.1 Å². The molecule has 0 aromatic rings. The molecule has 0 unspecified atom stereocenters. The van der Waals surface area contributed by atoms with Crippen LogP contribution in [-0.4, -0.2) is 241 Å². The van der Waals surface area contributed by atoms with Crippen LogP contribution in [0.25, 0.3) is 0 Å². The molecule has 0 amide bonds. The first kappa shape index (κ1) is 58.5. The Kier molecular flexibility index (Phi) is 23.1. The predicted molar refractivity (Wildman–Crippen MR) is 232 cm³/mol. The minimum absolute atomic E-state index is 0.208. The van der Waals surface area contributed by atoms with Crippen molar-refractivity contribution in [2.24, 2.45) is 0 Å². The number of carbonyl (C=O) groups excluding carboxylic acids is 1. The van der Waals surface area contributed by atoms with Crippen molar-refractivity contribution in [1.29, 1.82) is 0 Å². The summed E-state index contributed by atoms with van der Waals surface area (Å²) in [4.78, 5) is 11.3. The van der Waals surface area contributed by atoms with Crippen LogP contribution in [-0.2, 0) is 56.9 Å². The summed E-state index contributed by atoms with van der Waals surface area (Å²) in [6.45, 7) is 7.08. The molecule has 5 aliphatic heterocycles. The molecule has 0 spiro atoms. The second kappa shape index (κ2) is 27.2. The smallest absolute Gasteiger partial charge is 0.305 e. The van der Waals surface area contributed by atoms with Crippen molar-refractivity contribution in [3.05, 3.63) is 0 Å². The summed E-state index contributed by atoms with van der Waals surface area (Å²) in [5.41, 5.74) is 0. The van der Waals surface area contributed by atoms with Gasteiger partial charge in [0.25, 0.3) is 0 Å². The molecular weight excluding hydrogens is 924 g/mol. The van der Waals surface area contributed by atoms with Gasteiger partial charge < -0.3 is 113 Å². The van der Waals surface area contributed by atoms with Crippen molar-refractivity contribution >= 4 is 5.97 Å². The quantitative estimate of drug-likeness (QED) is 0.0360. The molecule has 5 heterocycles. The highest BCUT2D eigenvalue weighted by Gasteiger charge is 2.56. The minimum atomic E-state index is -1.95. The van der Waals surface area contributed by atoms with E-state index in [1.807, 2.05) is 6.92 Å². The maximum absolute atomic E-state index is 11.9. The Labute approximate surface area is 402 Å². The lowest BCUT2D eigenvalue weighted by Crippen LogP contribution is -2.67. The molecule has 0 saturated carbocycles. The van der Waals surface area contributed by atoms with Gasteiger partial charge in [-0.1, -0.05) is 51.9 Å². The third-order valence-electron chi connectivity index (χ3n) is 13.7. The van der Waals surface area contributed by atoms with Gasteiger partial charge in [0.15, 0.2) is 31.5 Å². The molecule has 5 rings (SSSR count). The highest BCUT2D eigenvalue weighted by Crippen LogP contribution is 2.37. The molecule has 0 aromatic heterocycles. The van der Waals surface area contributed by atoms with Gasteiger partial charge in [-0.05, 0) is 47.0 Å². The number of aliphatic hydroxyl groups excluding tert-OH is 12.